The van der Waals surface area contributed by atoms with Gasteiger partial charge >= 0.3 is 11.9 Å². The number of fused-ring (bicyclic) bond motifs is 2. The van der Waals surface area contributed by atoms with Crippen LogP contribution in [0.5, 0.6) is 17.2 Å². The first kappa shape index (κ1) is 16.2. The van der Waals surface area contributed by atoms with E-state index in [9.17, 15) is 18.7 Å². The highest BCUT2D eigenvalue weighted by molar-refractivity contribution is 5.85. The Bertz CT molecular complexity index is 1080. The maximum absolute atomic E-state index is 13.1. The molecule has 8 heteroatoms. The van der Waals surface area contributed by atoms with Gasteiger partial charge in [0.05, 0.1) is 0 Å². The summed E-state index contributed by atoms with van der Waals surface area (Å²) in [7, 11) is 0. The molecule has 1 aliphatic heterocycles. The lowest BCUT2D eigenvalue weighted by molar-refractivity contribution is -0.286. The molecular formula is C18H13F2NO5. The molecule has 2 N–H and O–H groups in total. The smallest absolute Gasteiger partial charge is 0.508 e. The number of halogens is 2. The van der Waals surface area contributed by atoms with Gasteiger partial charge < -0.3 is 24.3 Å². The Labute approximate surface area is 145 Å². The molecule has 0 spiro atoms. The highest BCUT2D eigenvalue weighted by Crippen LogP contribution is 2.42. The van der Waals surface area contributed by atoms with Gasteiger partial charge in [-0.05, 0) is 36.8 Å². The number of hydrogen-bond donors (Lipinski definition) is 2. The van der Waals surface area contributed by atoms with Crippen LogP contribution in [0.25, 0.3) is 11.0 Å². The predicted octanol–water partition coefficient (Wildman–Crippen LogP) is 3.74. The van der Waals surface area contributed by atoms with Crippen molar-refractivity contribution in [1.82, 2.24) is 0 Å². The summed E-state index contributed by atoms with van der Waals surface area (Å²) in [6, 6.07) is 8.84. The first-order valence-corrected chi connectivity index (χ1v) is 7.71. The summed E-state index contributed by atoms with van der Waals surface area (Å²) >= 11 is 0. The minimum Gasteiger partial charge on any atom is -0.508 e. The topological polar surface area (TPSA) is 80.9 Å². The lowest BCUT2D eigenvalue weighted by Gasteiger charge is -2.10. The Morgan fingerprint density at radius 2 is 1.88 bits per heavy atom. The SMILES string of the molecule is Cc1c(O)ccc2c(CNc3ccc4c(c3)OC(F)(F)O4)cc(=O)oc12. The van der Waals surface area contributed by atoms with Gasteiger partial charge in [-0.2, -0.15) is 0 Å². The Hall–Kier alpha value is -3.29. The summed E-state index contributed by atoms with van der Waals surface area (Å²) in [4.78, 5) is 11.8. The van der Waals surface area contributed by atoms with Crippen LogP contribution in [0.3, 0.4) is 0 Å². The minimum absolute atomic E-state index is 0.0301. The van der Waals surface area contributed by atoms with Crippen LogP contribution in [0.2, 0.25) is 0 Å². The van der Waals surface area contributed by atoms with Crippen LogP contribution in [-0.4, -0.2) is 11.4 Å². The number of alkyl halides is 2. The van der Waals surface area contributed by atoms with E-state index in [1.54, 1.807) is 19.1 Å². The number of hydrogen-bond acceptors (Lipinski definition) is 6. The zero-order valence-corrected chi connectivity index (χ0v) is 13.5. The molecule has 0 unspecified atom stereocenters. The maximum atomic E-state index is 13.1. The summed E-state index contributed by atoms with van der Waals surface area (Å²) in [5.41, 5.74) is 1.38. The molecule has 0 saturated heterocycles. The van der Waals surface area contributed by atoms with Gasteiger partial charge in [0.2, 0.25) is 0 Å². The van der Waals surface area contributed by atoms with Gasteiger partial charge in [-0.25, -0.2) is 4.79 Å². The number of benzene rings is 2. The van der Waals surface area contributed by atoms with Crippen molar-refractivity contribution < 1.29 is 27.8 Å². The molecule has 0 radical (unpaired) electrons. The van der Waals surface area contributed by atoms with Crippen LogP contribution in [0, 0.1) is 6.92 Å². The normalized spacial score (nSPS) is 14.6. The fraction of sp³-hybridized carbons (Fsp3) is 0.167. The third kappa shape index (κ3) is 2.79. The molecule has 0 fully saturated rings. The number of rotatable bonds is 3. The summed E-state index contributed by atoms with van der Waals surface area (Å²) < 4.78 is 40.1. The Morgan fingerprint density at radius 3 is 2.69 bits per heavy atom. The molecule has 0 atom stereocenters. The molecule has 2 aromatic carbocycles. The molecule has 4 rings (SSSR count). The first-order chi connectivity index (χ1) is 12.3. The Kier molecular flexibility index (Phi) is 3.50. The number of anilines is 1. The van der Waals surface area contributed by atoms with Gasteiger partial charge in [-0.3, -0.25) is 0 Å². The molecular weight excluding hydrogens is 348 g/mol. The van der Waals surface area contributed by atoms with Gasteiger partial charge in [0.25, 0.3) is 0 Å². The van der Waals surface area contributed by atoms with Crippen LogP contribution >= 0.6 is 0 Å². The molecule has 0 amide bonds. The Balaban J connectivity index is 1.63. The van der Waals surface area contributed by atoms with Crippen LogP contribution in [-0.2, 0) is 6.54 Å². The molecule has 1 aromatic heterocycles. The second-order valence-corrected chi connectivity index (χ2v) is 5.86. The lowest BCUT2D eigenvalue weighted by atomic mass is 10.1. The zero-order valence-electron chi connectivity index (χ0n) is 13.5. The molecule has 26 heavy (non-hydrogen) atoms. The Morgan fingerprint density at radius 1 is 1.12 bits per heavy atom. The minimum atomic E-state index is -3.67. The number of ether oxygens (including phenoxy) is 2. The van der Waals surface area contributed by atoms with Crippen LogP contribution in [0.1, 0.15) is 11.1 Å². The van der Waals surface area contributed by atoms with Gasteiger partial charge in [-0.15, -0.1) is 8.78 Å². The molecule has 2 heterocycles. The molecule has 0 saturated carbocycles. The van der Waals surface area contributed by atoms with Crippen molar-refractivity contribution in [3.63, 3.8) is 0 Å². The molecule has 6 nitrogen and oxygen atoms in total. The summed E-state index contributed by atoms with van der Waals surface area (Å²) in [6.07, 6.45) is -3.67. The van der Waals surface area contributed by atoms with E-state index in [1.165, 1.54) is 24.3 Å². The predicted molar refractivity (Wildman–Crippen MR) is 88.9 cm³/mol. The van der Waals surface area contributed by atoms with E-state index in [2.05, 4.69) is 14.8 Å². The van der Waals surface area contributed by atoms with Crippen molar-refractivity contribution in [2.45, 2.75) is 19.8 Å². The average molecular weight is 361 g/mol. The second kappa shape index (κ2) is 5.62. The number of phenols is 1. The number of phenolic OH excluding ortho intramolecular Hbond substituents is 1. The highest BCUT2D eigenvalue weighted by atomic mass is 19.3. The lowest BCUT2D eigenvalue weighted by Crippen LogP contribution is -2.25. The van der Waals surface area contributed by atoms with E-state index in [-0.39, 0.29) is 23.8 Å². The summed E-state index contributed by atoms with van der Waals surface area (Å²) in [5, 5.41) is 13.5. The molecule has 0 bridgehead atoms. The molecule has 1 aliphatic rings. The summed E-state index contributed by atoms with van der Waals surface area (Å²) in [5.74, 6) is -0.0851. The largest absolute Gasteiger partial charge is 0.586 e. The quantitative estimate of drug-likeness (QED) is 0.692. The van der Waals surface area contributed by atoms with Crippen LogP contribution in [0.4, 0.5) is 14.5 Å². The van der Waals surface area contributed by atoms with Crippen molar-refractivity contribution >= 4 is 16.7 Å². The zero-order chi connectivity index (χ0) is 18.5. The average Bonchev–Trinajstić information content (AvgIpc) is 2.89. The summed E-state index contributed by atoms with van der Waals surface area (Å²) in [6.45, 7) is 1.89. The van der Waals surface area contributed by atoms with E-state index in [4.69, 9.17) is 4.42 Å². The van der Waals surface area contributed by atoms with Crippen LogP contribution < -0.4 is 20.4 Å². The fourth-order valence-corrected chi connectivity index (χ4v) is 2.82. The van der Waals surface area contributed by atoms with E-state index >= 15 is 0 Å². The molecule has 134 valence electrons. The first-order valence-electron chi connectivity index (χ1n) is 7.71. The van der Waals surface area contributed by atoms with E-state index in [0.717, 1.165) is 0 Å². The fourth-order valence-electron chi connectivity index (χ4n) is 2.82. The van der Waals surface area contributed by atoms with Gasteiger partial charge in [0.15, 0.2) is 11.5 Å². The van der Waals surface area contributed by atoms with Crippen molar-refractivity contribution in [3.05, 3.63) is 57.9 Å². The van der Waals surface area contributed by atoms with Crippen LogP contribution in [0.15, 0.2) is 45.6 Å². The van der Waals surface area contributed by atoms with Crippen molar-refractivity contribution in [3.8, 4) is 17.2 Å². The monoisotopic (exact) mass is 361 g/mol. The molecule has 3 aromatic rings. The van der Waals surface area contributed by atoms with Crippen molar-refractivity contribution in [2.75, 3.05) is 5.32 Å². The second-order valence-electron chi connectivity index (χ2n) is 5.86. The number of nitrogens with one attached hydrogen (secondary N) is 1. The van der Waals surface area contributed by atoms with Crippen molar-refractivity contribution in [1.29, 1.82) is 0 Å². The third-order valence-electron chi connectivity index (χ3n) is 4.10. The van der Waals surface area contributed by atoms with Gasteiger partial charge in [-0.1, -0.05) is 0 Å². The third-order valence-corrected chi connectivity index (χ3v) is 4.10. The van der Waals surface area contributed by atoms with Gasteiger partial charge in [0, 0.05) is 35.3 Å². The van der Waals surface area contributed by atoms with Crippen molar-refractivity contribution in [2.24, 2.45) is 0 Å². The van der Waals surface area contributed by atoms with E-state index in [0.29, 0.717) is 27.8 Å². The standard InChI is InChI=1S/C18H13F2NO5/c1-9-13(22)4-3-12-10(6-16(23)24-17(9)12)8-21-11-2-5-14-15(7-11)26-18(19,20)25-14/h2-7,21-22H,8H2,1H3. The van der Waals surface area contributed by atoms with E-state index < -0.39 is 11.9 Å². The number of aromatic hydroxyl groups is 1. The number of aryl methyl sites for hydroxylation is 1. The van der Waals surface area contributed by atoms with E-state index in [1.807, 2.05) is 0 Å². The maximum Gasteiger partial charge on any atom is 0.586 e. The molecule has 0 aliphatic carbocycles. The van der Waals surface area contributed by atoms with Gasteiger partial charge in [0.1, 0.15) is 11.3 Å². The highest BCUT2D eigenvalue weighted by Gasteiger charge is 2.43.